The van der Waals surface area contributed by atoms with Crippen LogP contribution in [0.25, 0.3) is 10.9 Å². The number of benzene rings is 1. The van der Waals surface area contributed by atoms with E-state index in [1.54, 1.807) is 19.1 Å². The second-order valence-electron chi connectivity index (χ2n) is 4.68. The van der Waals surface area contributed by atoms with Gasteiger partial charge in [0.1, 0.15) is 5.75 Å². The molecular formula is C16H18N2O3. The second kappa shape index (κ2) is 6.74. The van der Waals surface area contributed by atoms with Gasteiger partial charge in [-0.15, -0.1) is 0 Å². The minimum atomic E-state index is -0.396. The normalized spacial score (nSPS) is 11.0. The van der Waals surface area contributed by atoms with Crippen molar-refractivity contribution >= 4 is 22.8 Å². The molecule has 0 aliphatic rings. The van der Waals surface area contributed by atoms with E-state index in [0.29, 0.717) is 18.7 Å². The van der Waals surface area contributed by atoms with Gasteiger partial charge in [0.15, 0.2) is 0 Å². The Kier molecular flexibility index (Phi) is 4.77. The Hall–Kier alpha value is -2.56. The van der Waals surface area contributed by atoms with Gasteiger partial charge in [-0.3, -0.25) is 4.79 Å². The van der Waals surface area contributed by atoms with Crippen molar-refractivity contribution in [2.45, 2.75) is 20.3 Å². The molecule has 0 aliphatic heterocycles. The van der Waals surface area contributed by atoms with Gasteiger partial charge in [0.05, 0.1) is 0 Å². The first-order chi connectivity index (χ1) is 10.1. The maximum atomic E-state index is 11.5. The van der Waals surface area contributed by atoms with Crippen LogP contribution in [0.15, 0.2) is 36.5 Å². The summed E-state index contributed by atoms with van der Waals surface area (Å²) >= 11 is 0. The first-order valence-corrected chi connectivity index (χ1v) is 6.79. The lowest BCUT2D eigenvalue weighted by atomic mass is 10.1. The molecule has 0 aliphatic carbocycles. The Morgan fingerprint density at radius 3 is 2.90 bits per heavy atom. The van der Waals surface area contributed by atoms with E-state index < -0.39 is 5.97 Å². The molecule has 1 aromatic carbocycles. The lowest BCUT2D eigenvalue weighted by molar-refractivity contribution is -0.129. The highest BCUT2D eigenvalue weighted by Crippen LogP contribution is 2.24. The maximum Gasteiger partial charge on any atom is 0.335 e. The molecule has 0 bridgehead atoms. The van der Waals surface area contributed by atoms with E-state index in [4.69, 9.17) is 4.74 Å². The van der Waals surface area contributed by atoms with Gasteiger partial charge >= 0.3 is 5.97 Å². The largest absolute Gasteiger partial charge is 0.423 e. The summed E-state index contributed by atoms with van der Waals surface area (Å²) in [5.74, 6) is 0.0639. The van der Waals surface area contributed by atoms with Crippen molar-refractivity contribution in [2.24, 2.45) is 0 Å². The molecule has 0 radical (unpaired) electrons. The van der Waals surface area contributed by atoms with Crippen molar-refractivity contribution in [3.8, 4) is 5.75 Å². The van der Waals surface area contributed by atoms with Gasteiger partial charge in [-0.2, -0.15) is 0 Å². The average molecular weight is 286 g/mol. The zero-order valence-electron chi connectivity index (χ0n) is 12.1. The van der Waals surface area contributed by atoms with Gasteiger partial charge < -0.3 is 15.0 Å². The number of carbonyl (C=O) groups is 2. The average Bonchev–Trinajstić information content (AvgIpc) is 2.81. The molecule has 1 aromatic heterocycles. The topological polar surface area (TPSA) is 71.2 Å². The number of fused-ring (bicyclic) bond motifs is 1. The summed E-state index contributed by atoms with van der Waals surface area (Å²) in [5.41, 5.74) is 2.04. The van der Waals surface area contributed by atoms with Crippen LogP contribution in [0.3, 0.4) is 0 Å². The Bertz CT molecular complexity index is 686. The molecule has 2 N–H and O–H groups in total. The lowest BCUT2D eigenvalue weighted by Gasteiger charge is -2.04. The van der Waals surface area contributed by atoms with E-state index in [1.165, 1.54) is 13.0 Å². The number of amides is 1. The monoisotopic (exact) mass is 286 g/mol. The van der Waals surface area contributed by atoms with Crippen molar-refractivity contribution in [3.63, 3.8) is 0 Å². The number of allylic oxidation sites excluding steroid dienone is 1. The van der Waals surface area contributed by atoms with Crippen LogP contribution in [-0.4, -0.2) is 23.4 Å². The van der Waals surface area contributed by atoms with Crippen molar-refractivity contribution in [1.29, 1.82) is 0 Å². The van der Waals surface area contributed by atoms with Crippen LogP contribution in [0.5, 0.6) is 5.75 Å². The smallest absolute Gasteiger partial charge is 0.335 e. The second-order valence-corrected chi connectivity index (χ2v) is 4.68. The molecule has 0 unspecified atom stereocenters. The van der Waals surface area contributed by atoms with E-state index in [-0.39, 0.29) is 5.91 Å². The fourth-order valence-electron chi connectivity index (χ4n) is 2.09. The number of nitrogens with one attached hydrogen (secondary N) is 2. The molecule has 5 nitrogen and oxygen atoms in total. The number of hydrogen-bond acceptors (Lipinski definition) is 3. The third-order valence-corrected chi connectivity index (χ3v) is 3.03. The number of carbonyl (C=O) groups excluding carboxylic acids is 2. The third-order valence-electron chi connectivity index (χ3n) is 3.03. The molecule has 110 valence electrons. The summed E-state index contributed by atoms with van der Waals surface area (Å²) in [6.45, 7) is 3.83. The third kappa shape index (κ3) is 3.95. The van der Waals surface area contributed by atoms with E-state index in [1.807, 2.05) is 18.3 Å². The number of esters is 1. The fourth-order valence-corrected chi connectivity index (χ4v) is 2.09. The molecule has 0 saturated heterocycles. The minimum absolute atomic E-state index is 0.0455. The summed E-state index contributed by atoms with van der Waals surface area (Å²) < 4.78 is 5.22. The highest BCUT2D eigenvalue weighted by molar-refractivity contribution is 5.87. The molecule has 1 heterocycles. The SMILES string of the molecule is C/C=C/C(=O)Oc1ccc2[nH]cc(CCNC(C)=O)c2c1. The highest BCUT2D eigenvalue weighted by Gasteiger charge is 2.07. The van der Waals surface area contributed by atoms with E-state index >= 15 is 0 Å². The number of aromatic amines is 1. The van der Waals surface area contributed by atoms with E-state index in [2.05, 4.69) is 10.3 Å². The molecule has 0 atom stereocenters. The molecule has 2 rings (SSSR count). The summed E-state index contributed by atoms with van der Waals surface area (Å²) in [6.07, 6.45) is 5.63. The number of H-pyrrole nitrogens is 1. The van der Waals surface area contributed by atoms with Gasteiger partial charge in [0.2, 0.25) is 5.91 Å². The first kappa shape index (κ1) is 14.8. The summed E-state index contributed by atoms with van der Waals surface area (Å²) in [6, 6.07) is 5.45. The number of rotatable bonds is 5. The Morgan fingerprint density at radius 2 is 2.19 bits per heavy atom. The summed E-state index contributed by atoms with van der Waals surface area (Å²) in [5, 5.41) is 3.76. The fraction of sp³-hybridized carbons (Fsp3) is 0.250. The van der Waals surface area contributed by atoms with Crippen LogP contribution < -0.4 is 10.1 Å². The van der Waals surface area contributed by atoms with Gasteiger partial charge in [-0.1, -0.05) is 6.08 Å². The standard InChI is InChI=1S/C16H18N2O3/c1-3-4-16(20)21-13-5-6-15-14(9-13)12(10-18-15)7-8-17-11(2)19/h3-6,9-10,18H,7-8H2,1-2H3,(H,17,19)/b4-3+. The molecule has 5 heteroatoms. The predicted octanol–water partition coefficient (Wildman–Crippen LogP) is 2.33. The van der Waals surface area contributed by atoms with Crippen LogP contribution in [-0.2, 0) is 16.0 Å². The molecule has 0 fully saturated rings. The van der Waals surface area contributed by atoms with Crippen molar-refractivity contribution in [1.82, 2.24) is 10.3 Å². The molecular weight excluding hydrogens is 268 g/mol. The number of aromatic nitrogens is 1. The van der Waals surface area contributed by atoms with Crippen molar-refractivity contribution in [3.05, 3.63) is 42.1 Å². The molecule has 0 saturated carbocycles. The minimum Gasteiger partial charge on any atom is -0.423 e. The summed E-state index contributed by atoms with van der Waals surface area (Å²) in [7, 11) is 0. The Morgan fingerprint density at radius 1 is 1.38 bits per heavy atom. The van der Waals surface area contributed by atoms with Gasteiger partial charge in [-0.25, -0.2) is 4.79 Å². The predicted molar refractivity (Wildman–Crippen MR) is 81.1 cm³/mol. The molecule has 2 aromatic rings. The Labute approximate surface area is 123 Å². The maximum absolute atomic E-state index is 11.5. The van der Waals surface area contributed by atoms with Gasteiger partial charge in [0, 0.05) is 36.6 Å². The van der Waals surface area contributed by atoms with E-state index in [9.17, 15) is 9.59 Å². The van der Waals surface area contributed by atoms with Crippen LogP contribution in [0.2, 0.25) is 0 Å². The summed E-state index contributed by atoms with van der Waals surface area (Å²) in [4.78, 5) is 25.5. The van der Waals surface area contributed by atoms with Crippen molar-refractivity contribution < 1.29 is 14.3 Å². The van der Waals surface area contributed by atoms with Gasteiger partial charge in [0.25, 0.3) is 0 Å². The zero-order chi connectivity index (χ0) is 15.2. The quantitative estimate of drug-likeness (QED) is 0.503. The zero-order valence-corrected chi connectivity index (χ0v) is 12.1. The molecule has 0 spiro atoms. The Balaban J connectivity index is 2.16. The van der Waals surface area contributed by atoms with Crippen LogP contribution in [0.1, 0.15) is 19.4 Å². The first-order valence-electron chi connectivity index (χ1n) is 6.79. The number of ether oxygens (including phenoxy) is 1. The molecule has 21 heavy (non-hydrogen) atoms. The van der Waals surface area contributed by atoms with Crippen LogP contribution in [0, 0.1) is 0 Å². The van der Waals surface area contributed by atoms with Gasteiger partial charge in [-0.05, 0) is 37.1 Å². The highest BCUT2D eigenvalue weighted by atomic mass is 16.5. The van der Waals surface area contributed by atoms with Crippen molar-refractivity contribution in [2.75, 3.05) is 6.54 Å². The number of hydrogen-bond donors (Lipinski definition) is 2. The van der Waals surface area contributed by atoms with E-state index in [0.717, 1.165) is 16.5 Å². The lowest BCUT2D eigenvalue weighted by Crippen LogP contribution is -2.22. The molecule has 1 amide bonds. The van der Waals surface area contributed by atoms with Crippen LogP contribution >= 0.6 is 0 Å². The van der Waals surface area contributed by atoms with Crippen LogP contribution in [0.4, 0.5) is 0 Å².